The number of aliphatic hydroxyl groups is 1. The summed E-state index contributed by atoms with van der Waals surface area (Å²) in [5.41, 5.74) is 0. The molecule has 3 atom stereocenters. The normalized spacial score (nSPS) is 31.5. The van der Waals surface area contributed by atoms with Crippen molar-refractivity contribution in [3.63, 3.8) is 0 Å². The SMILES string of the molecule is C[C@H](O)CN1CCN([C@H]2CCN[C@H]2C)CC1.Cl.Cl. The van der Waals surface area contributed by atoms with Crippen LogP contribution < -0.4 is 5.32 Å². The molecule has 0 saturated carbocycles. The minimum atomic E-state index is -0.196. The summed E-state index contributed by atoms with van der Waals surface area (Å²) >= 11 is 0. The Labute approximate surface area is 123 Å². The number of rotatable bonds is 3. The molecule has 2 aliphatic rings. The number of nitrogens with zero attached hydrogens (tertiary/aromatic N) is 2. The van der Waals surface area contributed by atoms with Crippen molar-refractivity contribution in [1.29, 1.82) is 0 Å². The Balaban J connectivity index is 0.00000144. The van der Waals surface area contributed by atoms with E-state index in [0.29, 0.717) is 6.04 Å². The van der Waals surface area contributed by atoms with E-state index in [1.807, 2.05) is 6.92 Å². The maximum Gasteiger partial charge on any atom is 0.0639 e. The fourth-order valence-electron chi connectivity index (χ4n) is 2.99. The molecule has 0 unspecified atom stereocenters. The minimum Gasteiger partial charge on any atom is -0.392 e. The van der Waals surface area contributed by atoms with Crippen molar-refractivity contribution in [2.75, 3.05) is 39.3 Å². The van der Waals surface area contributed by atoms with E-state index in [-0.39, 0.29) is 30.9 Å². The molecule has 0 aromatic rings. The first-order valence-corrected chi connectivity index (χ1v) is 6.54. The Morgan fingerprint density at radius 2 is 1.83 bits per heavy atom. The van der Waals surface area contributed by atoms with Crippen LogP contribution in [0.2, 0.25) is 0 Å². The van der Waals surface area contributed by atoms with Gasteiger partial charge >= 0.3 is 0 Å². The van der Waals surface area contributed by atoms with Gasteiger partial charge in [-0.25, -0.2) is 0 Å². The summed E-state index contributed by atoms with van der Waals surface area (Å²) in [7, 11) is 0. The van der Waals surface area contributed by atoms with E-state index >= 15 is 0 Å². The molecule has 0 spiro atoms. The molecule has 2 fully saturated rings. The van der Waals surface area contributed by atoms with Crippen LogP contribution in [0.25, 0.3) is 0 Å². The predicted octanol–water partition coefficient (Wildman–Crippen LogP) is 0.579. The molecule has 6 heteroatoms. The van der Waals surface area contributed by atoms with Gasteiger partial charge in [-0.1, -0.05) is 0 Å². The van der Waals surface area contributed by atoms with E-state index in [9.17, 15) is 5.11 Å². The molecule has 18 heavy (non-hydrogen) atoms. The van der Waals surface area contributed by atoms with Crippen LogP contribution in [-0.2, 0) is 0 Å². The van der Waals surface area contributed by atoms with Crippen molar-refractivity contribution in [3.05, 3.63) is 0 Å². The first kappa shape index (κ1) is 18.4. The summed E-state index contributed by atoms with van der Waals surface area (Å²) in [6.45, 7) is 10.7. The standard InChI is InChI=1S/C12H25N3O.2ClH/c1-10(16)9-14-5-7-15(8-6-14)12-3-4-13-11(12)2;;/h10-13,16H,3-9H2,1-2H3;2*1H/t10-,11-,12-;;/m0../s1. The predicted molar refractivity (Wildman–Crippen MR) is 80.1 cm³/mol. The zero-order valence-electron chi connectivity index (χ0n) is 11.3. The Hall–Kier alpha value is 0.420. The maximum absolute atomic E-state index is 9.36. The van der Waals surface area contributed by atoms with Crippen LogP contribution in [0.5, 0.6) is 0 Å². The highest BCUT2D eigenvalue weighted by Gasteiger charge is 2.30. The molecular formula is C12H27Cl2N3O. The van der Waals surface area contributed by atoms with Gasteiger partial charge in [-0.3, -0.25) is 9.80 Å². The van der Waals surface area contributed by atoms with Crippen molar-refractivity contribution in [2.24, 2.45) is 0 Å². The second-order valence-electron chi connectivity index (χ2n) is 5.28. The average molecular weight is 300 g/mol. The second-order valence-corrected chi connectivity index (χ2v) is 5.28. The molecule has 0 aromatic carbocycles. The lowest BCUT2D eigenvalue weighted by molar-refractivity contribution is 0.0603. The average Bonchev–Trinajstić information content (AvgIpc) is 2.65. The molecule has 2 N–H and O–H groups in total. The molecule has 2 rings (SSSR count). The summed E-state index contributed by atoms with van der Waals surface area (Å²) in [6, 6.07) is 1.37. The van der Waals surface area contributed by atoms with Crippen LogP contribution in [0.3, 0.4) is 0 Å². The number of hydrogen-bond acceptors (Lipinski definition) is 4. The van der Waals surface area contributed by atoms with Gasteiger partial charge in [0.1, 0.15) is 0 Å². The highest BCUT2D eigenvalue weighted by atomic mass is 35.5. The largest absolute Gasteiger partial charge is 0.392 e. The van der Waals surface area contributed by atoms with Crippen molar-refractivity contribution in [2.45, 2.75) is 38.5 Å². The van der Waals surface area contributed by atoms with Gasteiger partial charge < -0.3 is 10.4 Å². The van der Waals surface area contributed by atoms with Gasteiger partial charge in [0.2, 0.25) is 0 Å². The fraction of sp³-hybridized carbons (Fsp3) is 1.00. The van der Waals surface area contributed by atoms with Gasteiger partial charge in [0, 0.05) is 44.8 Å². The molecule has 110 valence electrons. The van der Waals surface area contributed by atoms with Crippen LogP contribution in [-0.4, -0.2) is 72.4 Å². The third-order valence-electron chi connectivity index (χ3n) is 3.88. The Morgan fingerprint density at radius 1 is 1.22 bits per heavy atom. The van der Waals surface area contributed by atoms with Crippen molar-refractivity contribution < 1.29 is 5.11 Å². The number of β-amino-alcohol motifs (C(OH)–C–C–N with tert-alkyl or cyclic N) is 1. The van der Waals surface area contributed by atoms with Crippen LogP contribution in [0.15, 0.2) is 0 Å². The third-order valence-corrected chi connectivity index (χ3v) is 3.88. The van der Waals surface area contributed by atoms with E-state index in [1.165, 1.54) is 13.0 Å². The Bertz CT molecular complexity index is 223. The molecule has 4 nitrogen and oxygen atoms in total. The molecule has 0 aromatic heterocycles. The van der Waals surface area contributed by atoms with Gasteiger partial charge in [-0.15, -0.1) is 24.8 Å². The van der Waals surface area contributed by atoms with Crippen molar-refractivity contribution >= 4 is 24.8 Å². The molecule has 0 amide bonds. The number of hydrogen-bond donors (Lipinski definition) is 2. The fourth-order valence-corrected chi connectivity index (χ4v) is 2.99. The summed E-state index contributed by atoms with van der Waals surface area (Å²) in [6.07, 6.45) is 1.09. The molecule has 0 aliphatic carbocycles. The molecule has 2 heterocycles. The van der Waals surface area contributed by atoms with Gasteiger partial charge in [0.25, 0.3) is 0 Å². The Morgan fingerprint density at radius 3 is 2.28 bits per heavy atom. The van der Waals surface area contributed by atoms with Gasteiger partial charge in [0.05, 0.1) is 6.10 Å². The molecular weight excluding hydrogens is 273 g/mol. The van der Waals surface area contributed by atoms with E-state index in [4.69, 9.17) is 0 Å². The highest BCUT2D eigenvalue weighted by molar-refractivity contribution is 5.85. The number of piperazine rings is 1. The Kier molecular flexibility index (Phi) is 8.76. The lowest BCUT2D eigenvalue weighted by Crippen LogP contribution is -2.53. The van der Waals surface area contributed by atoms with Crippen LogP contribution in [0.4, 0.5) is 0 Å². The second kappa shape index (κ2) is 8.56. The maximum atomic E-state index is 9.36. The molecule has 0 radical (unpaired) electrons. The lowest BCUT2D eigenvalue weighted by atomic mass is 10.1. The van der Waals surface area contributed by atoms with E-state index in [1.54, 1.807) is 0 Å². The summed E-state index contributed by atoms with van der Waals surface area (Å²) in [5, 5.41) is 12.9. The van der Waals surface area contributed by atoms with Crippen molar-refractivity contribution in [3.8, 4) is 0 Å². The summed E-state index contributed by atoms with van der Waals surface area (Å²) < 4.78 is 0. The van der Waals surface area contributed by atoms with Crippen molar-refractivity contribution in [1.82, 2.24) is 15.1 Å². The minimum absolute atomic E-state index is 0. The van der Waals surface area contributed by atoms with Gasteiger partial charge in [0.15, 0.2) is 0 Å². The number of aliphatic hydroxyl groups excluding tert-OH is 1. The monoisotopic (exact) mass is 299 g/mol. The number of halogens is 2. The van der Waals surface area contributed by atoms with E-state index in [2.05, 4.69) is 22.0 Å². The first-order chi connectivity index (χ1) is 7.66. The lowest BCUT2D eigenvalue weighted by Gasteiger charge is -2.39. The van der Waals surface area contributed by atoms with Gasteiger partial charge in [-0.05, 0) is 26.8 Å². The van der Waals surface area contributed by atoms with Gasteiger partial charge in [-0.2, -0.15) is 0 Å². The summed E-state index contributed by atoms with van der Waals surface area (Å²) in [4.78, 5) is 4.98. The quantitative estimate of drug-likeness (QED) is 0.800. The molecule has 2 saturated heterocycles. The number of nitrogens with one attached hydrogen (secondary N) is 1. The smallest absolute Gasteiger partial charge is 0.0639 e. The zero-order valence-corrected chi connectivity index (χ0v) is 13.0. The molecule has 0 bridgehead atoms. The summed E-state index contributed by atoms with van der Waals surface area (Å²) in [5.74, 6) is 0. The topological polar surface area (TPSA) is 38.7 Å². The van der Waals surface area contributed by atoms with E-state index < -0.39 is 0 Å². The third kappa shape index (κ3) is 4.83. The van der Waals surface area contributed by atoms with Crippen LogP contribution >= 0.6 is 24.8 Å². The van der Waals surface area contributed by atoms with Crippen LogP contribution in [0.1, 0.15) is 20.3 Å². The molecule has 2 aliphatic heterocycles. The zero-order chi connectivity index (χ0) is 11.5. The highest BCUT2D eigenvalue weighted by Crippen LogP contribution is 2.16. The van der Waals surface area contributed by atoms with Crippen LogP contribution in [0, 0.1) is 0 Å². The first-order valence-electron chi connectivity index (χ1n) is 6.54. The van der Waals surface area contributed by atoms with E-state index in [0.717, 1.165) is 38.8 Å².